The fourth-order valence-electron chi connectivity index (χ4n) is 1.78. The first kappa shape index (κ1) is 14.7. The molecule has 0 aromatic heterocycles. The smallest absolute Gasteiger partial charge is 0.264 e. The molecule has 1 aromatic rings. The summed E-state index contributed by atoms with van der Waals surface area (Å²) in [5, 5.41) is 3.11. The van der Waals surface area contributed by atoms with Crippen LogP contribution in [-0.4, -0.2) is 48.8 Å². The topological polar surface area (TPSA) is 50.8 Å². The second-order valence-corrected chi connectivity index (χ2v) is 4.94. The number of benzene rings is 1. The van der Waals surface area contributed by atoms with Gasteiger partial charge in [0.05, 0.1) is 13.2 Å². The number of amides is 1. The molecule has 1 heterocycles. The standard InChI is InChI=1S/C14H18N2O3S/c1-11-2-4-12(5-3-11)19-10-13(17)15-14(20)16-6-8-18-9-7-16/h2-5H,6-10H2,1H3,(H,15,17,20). The third kappa shape index (κ3) is 4.47. The van der Waals surface area contributed by atoms with E-state index in [9.17, 15) is 4.79 Å². The summed E-state index contributed by atoms with van der Waals surface area (Å²) in [4.78, 5) is 13.7. The van der Waals surface area contributed by atoms with Crippen molar-refractivity contribution in [2.24, 2.45) is 0 Å². The second-order valence-electron chi connectivity index (χ2n) is 4.55. The summed E-state index contributed by atoms with van der Waals surface area (Å²) in [6.45, 7) is 4.63. The van der Waals surface area contributed by atoms with E-state index in [-0.39, 0.29) is 12.5 Å². The highest BCUT2D eigenvalue weighted by atomic mass is 32.1. The minimum atomic E-state index is -0.248. The molecule has 0 spiro atoms. The first-order valence-corrected chi connectivity index (χ1v) is 6.92. The average molecular weight is 294 g/mol. The Hall–Kier alpha value is -1.66. The Labute approximate surface area is 123 Å². The van der Waals surface area contributed by atoms with Crippen LogP contribution in [0.4, 0.5) is 0 Å². The maximum absolute atomic E-state index is 11.8. The van der Waals surface area contributed by atoms with Crippen LogP contribution >= 0.6 is 12.2 Å². The molecular formula is C14H18N2O3S. The lowest BCUT2D eigenvalue weighted by Crippen LogP contribution is -2.48. The van der Waals surface area contributed by atoms with E-state index in [0.717, 1.165) is 5.56 Å². The summed E-state index contributed by atoms with van der Waals surface area (Å²) in [5.74, 6) is 0.421. The number of nitrogens with zero attached hydrogens (tertiary/aromatic N) is 1. The van der Waals surface area contributed by atoms with E-state index in [4.69, 9.17) is 21.7 Å². The van der Waals surface area contributed by atoms with Gasteiger partial charge in [0.1, 0.15) is 5.75 Å². The van der Waals surface area contributed by atoms with Crippen molar-refractivity contribution in [2.45, 2.75) is 6.92 Å². The summed E-state index contributed by atoms with van der Waals surface area (Å²) in [6, 6.07) is 7.54. The molecule has 6 heteroatoms. The van der Waals surface area contributed by atoms with E-state index in [1.807, 2.05) is 36.1 Å². The van der Waals surface area contributed by atoms with Gasteiger partial charge in [0.15, 0.2) is 11.7 Å². The number of thiocarbonyl (C=S) groups is 1. The Morgan fingerprint density at radius 1 is 1.35 bits per heavy atom. The highest BCUT2D eigenvalue weighted by Crippen LogP contribution is 2.10. The van der Waals surface area contributed by atoms with Gasteiger partial charge in [-0.05, 0) is 31.3 Å². The molecular weight excluding hydrogens is 276 g/mol. The number of carbonyl (C=O) groups excluding carboxylic acids is 1. The van der Waals surface area contributed by atoms with Crippen LogP contribution in [0.5, 0.6) is 5.75 Å². The number of carbonyl (C=O) groups is 1. The van der Waals surface area contributed by atoms with Crippen LogP contribution in [0, 0.1) is 6.92 Å². The molecule has 1 aromatic carbocycles. The molecule has 1 saturated heterocycles. The molecule has 20 heavy (non-hydrogen) atoms. The zero-order valence-electron chi connectivity index (χ0n) is 11.4. The average Bonchev–Trinajstić information content (AvgIpc) is 2.47. The van der Waals surface area contributed by atoms with Gasteiger partial charge in [-0.25, -0.2) is 0 Å². The van der Waals surface area contributed by atoms with Gasteiger partial charge in [0, 0.05) is 13.1 Å². The van der Waals surface area contributed by atoms with Crippen LogP contribution in [0.2, 0.25) is 0 Å². The van der Waals surface area contributed by atoms with E-state index in [1.165, 1.54) is 0 Å². The van der Waals surface area contributed by atoms with Crippen molar-refractivity contribution >= 4 is 23.2 Å². The highest BCUT2D eigenvalue weighted by Gasteiger charge is 2.15. The lowest BCUT2D eigenvalue weighted by molar-refractivity contribution is -0.121. The van der Waals surface area contributed by atoms with E-state index in [1.54, 1.807) is 0 Å². The molecule has 0 radical (unpaired) electrons. The minimum Gasteiger partial charge on any atom is -0.484 e. The molecule has 0 bridgehead atoms. The van der Waals surface area contributed by atoms with Crippen molar-refractivity contribution in [1.29, 1.82) is 0 Å². The Morgan fingerprint density at radius 2 is 2.00 bits per heavy atom. The van der Waals surface area contributed by atoms with Crippen molar-refractivity contribution < 1.29 is 14.3 Å². The maximum atomic E-state index is 11.8. The quantitative estimate of drug-likeness (QED) is 0.846. The molecule has 1 fully saturated rings. The molecule has 1 N–H and O–H groups in total. The number of hydrogen-bond acceptors (Lipinski definition) is 4. The first-order chi connectivity index (χ1) is 9.65. The van der Waals surface area contributed by atoms with Crippen LogP contribution in [0.1, 0.15) is 5.56 Å². The van der Waals surface area contributed by atoms with Crippen molar-refractivity contribution in [3.05, 3.63) is 29.8 Å². The number of rotatable bonds is 3. The van der Waals surface area contributed by atoms with Crippen molar-refractivity contribution in [2.75, 3.05) is 32.9 Å². The lowest BCUT2D eigenvalue weighted by atomic mass is 10.2. The van der Waals surface area contributed by atoms with E-state index < -0.39 is 0 Å². The van der Waals surface area contributed by atoms with Gasteiger partial charge < -0.3 is 19.7 Å². The molecule has 1 aliphatic rings. The predicted molar refractivity (Wildman–Crippen MR) is 79.8 cm³/mol. The third-order valence-corrected chi connectivity index (χ3v) is 3.30. The first-order valence-electron chi connectivity index (χ1n) is 6.51. The molecule has 0 unspecified atom stereocenters. The van der Waals surface area contributed by atoms with Gasteiger partial charge in [-0.1, -0.05) is 17.7 Å². The molecule has 0 atom stereocenters. The fraction of sp³-hybridized carbons (Fsp3) is 0.429. The Balaban J connectivity index is 1.74. The number of morpholine rings is 1. The number of aryl methyl sites for hydroxylation is 1. The number of ether oxygens (including phenoxy) is 2. The summed E-state index contributed by atoms with van der Waals surface area (Å²) < 4.78 is 10.6. The van der Waals surface area contributed by atoms with Crippen LogP contribution in [0.25, 0.3) is 0 Å². The Kier molecular flexibility index (Phi) is 5.31. The third-order valence-electron chi connectivity index (χ3n) is 2.94. The normalized spacial score (nSPS) is 14.8. The van der Waals surface area contributed by atoms with Gasteiger partial charge in [0.25, 0.3) is 5.91 Å². The molecule has 0 saturated carbocycles. The summed E-state index contributed by atoms with van der Waals surface area (Å²) >= 11 is 5.18. The molecule has 5 nitrogen and oxygen atoms in total. The predicted octanol–water partition coefficient (Wildman–Crippen LogP) is 1.11. The van der Waals surface area contributed by atoms with E-state index in [0.29, 0.717) is 37.2 Å². The lowest BCUT2D eigenvalue weighted by Gasteiger charge is -2.28. The van der Waals surface area contributed by atoms with Crippen LogP contribution in [0.15, 0.2) is 24.3 Å². The molecule has 2 rings (SSSR count). The second kappa shape index (κ2) is 7.21. The zero-order valence-corrected chi connectivity index (χ0v) is 12.2. The SMILES string of the molecule is Cc1ccc(OCC(=O)NC(=S)N2CCOCC2)cc1. The summed E-state index contributed by atoms with van der Waals surface area (Å²) in [6.07, 6.45) is 0. The molecule has 1 aliphatic heterocycles. The maximum Gasteiger partial charge on any atom is 0.264 e. The van der Waals surface area contributed by atoms with Gasteiger partial charge in [0.2, 0.25) is 0 Å². The van der Waals surface area contributed by atoms with E-state index in [2.05, 4.69) is 5.32 Å². The fourth-order valence-corrected chi connectivity index (χ4v) is 2.08. The van der Waals surface area contributed by atoms with Gasteiger partial charge in [-0.3, -0.25) is 4.79 Å². The van der Waals surface area contributed by atoms with E-state index >= 15 is 0 Å². The largest absolute Gasteiger partial charge is 0.484 e. The van der Waals surface area contributed by atoms with Crippen molar-refractivity contribution in [3.8, 4) is 5.75 Å². The minimum absolute atomic E-state index is 0.0481. The number of hydrogen-bond donors (Lipinski definition) is 1. The Bertz CT molecular complexity index is 470. The van der Waals surface area contributed by atoms with Crippen LogP contribution < -0.4 is 10.1 Å². The van der Waals surface area contributed by atoms with Crippen molar-refractivity contribution in [1.82, 2.24) is 10.2 Å². The monoisotopic (exact) mass is 294 g/mol. The summed E-state index contributed by atoms with van der Waals surface area (Å²) in [7, 11) is 0. The Morgan fingerprint density at radius 3 is 2.65 bits per heavy atom. The molecule has 108 valence electrons. The van der Waals surface area contributed by atoms with Gasteiger partial charge in [-0.2, -0.15) is 0 Å². The number of nitrogens with one attached hydrogen (secondary N) is 1. The zero-order chi connectivity index (χ0) is 14.4. The van der Waals surface area contributed by atoms with Gasteiger partial charge >= 0.3 is 0 Å². The highest BCUT2D eigenvalue weighted by molar-refractivity contribution is 7.80. The van der Waals surface area contributed by atoms with Crippen LogP contribution in [0.3, 0.4) is 0 Å². The molecule has 0 aliphatic carbocycles. The molecule has 1 amide bonds. The van der Waals surface area contributed by atoms with Gasteiger partial charge in [-0.15, -0.1) is 0 Å². The van der Waals surface area contributed by atoms with Crippen LogP contribution in [-0.2, 0) is 9.53 Å². The summed E-state index contributed by atoms with van der Waals surface area (Å²) in [5.41, 5.74) is 1.15. The van der Waals surface area contributed by atoms with Crippen molar-refractivity contribution in [3.63, 3.8) is 0 Å².